The van der Waals surface area contributed by atoms with Crippen LogP contribution < -0.4 is 5.32 Å². The Kier molecular flexibility index (Phi) is 5.70. The quantitative estimate of drug-likeness (QED) is 0.697. The van der Waals surface area contributed by atoms with Crippen molar-refractivity contribution in [3.8, 4) is 0 Å². The highest BCUT2D eigenvalue weighted by Crippen LogP contribution is 1.98. The van der Waals surface area contributed by atoms with Gasteiger partial charge in [0.15, 0.2) is 0 Å². The maximum Gasteiger partial charge on any atom is 0.129 e. The fraction of sp³-hybridized carbons (Fsp3) is 0.636. The Morgan fingerprint density at radius 2 is 2.33 bits per heavy atom. The van der Waals surface area contributed by atoms with E-state index in [0.29, 0.717) is 5.92 Å². The van der Waals surface area contributed by atoms with Crippen LogP contribution in [0.2, 0.25) is 0 Å². The smallest absolute Gasteiger partial charge is 0.129 e. The van der Waals surface area contributed by atoms with Crippen molar-refractivity contribution < 1.29 is 4.74 Å². The van der Waals surface area contributed by atoms with Gasteiger partial charge < -0.3 is 10.1 Å². The van der Waals surface area contributed by atoms with Crippen LogP contribution in [0.5, 0.6) is 0 Å². The predicted molar refractivity (Wildman–Crippen MR) is 60.8 cm³/mol. The molecule has 1 rings (SSSR count). The van der Waals surface area contributed by atoms with Crippen LogP contribution in [0.25, 0.3) is 0 Å². The molecule has 1 aromatic rings. The first-order chi connectivity index (χ1) is 7.29. The number of nitrogens with zero attached hydrogens (tertiary/aromatic N) is 2. The second kappa shape index (κ2) is 7.17. The number of hydrogen-bond donors (Lipinski definition) is 1. The first-order valence-corrected chi connectivity index (χ1v) is 5.36. The van der Waals surface area contributed by atoms with Crippen LogP contribution in [0.15, 0.2) is 18.6 Å². The summed E-state index contributed by atoms with van der Waals surface area (Å²) in [4.78, 5) is 7.91. The molecule has 0 unspecified atom stereocenters. The molecule has 1 N–H and O–H groups in total. The van der Waals surface area contributed by atoms with Crippen LogP contribution in [0.4, 0.5) is 5.82 Å². The molecule has 1 aromatic heterocycles. The molecule has 0 atom stereocenters. The Morgan fingerprint density at radius 1 is 1.47 bits per heavy atom. The van der Waals surface area contributed by atoms with Gasteiger partial charge in [0.05, 0.1) is 0 Å². The van der Waals surface area contributed by atoms with Crippen molar-refractivity contribution >= 4 is 5.82 Å². The zero-order valence-electron chi connectivity index (χ0n) is 9.44. The van der Waals surface area contributed by atoms with E-state index < -0.39 is 0 Å². The van der Waals surface area contributed by atoms with Crippen molar-refractivity contribution in [2.45, 2.75) is 20.3 Å². The van der Waals surface area contributed by atoms with Gasteiger partial charge in [-0.15, -0.1) is 0 Å². The minimum atomic E-state index is 0.611. The van der Waals surface area contributed by atoms with E-state index in [1.807, 2.05) is 6.07 Å². The SMILES string of the molecule is CC(C)COCCCNc1ccncn1. The number of anilines is 1. The van der Waals surface area contributed by atoms with Crippen molar-refractivity contribution in [1.82, 2.24) is 9.97 Å². The molecule has 0 saturated carbocycles. The third-order valence-electron chi connectivity index (χ3n) is 1.80. The first-order valence-electron chi connectivity index (χ1n) is 5.36. The lowest BCUT2D eigenvalue weighted by molar-refractivity contribution is 0.110. The number of aromatic nitrogens is 2. The molecule has 0 bridgehead atoms. The molecule has 0 aliphatic heterocycles. The summed E-state index contributed by atoms with van der Waals surface area (Å²) in [6.45, 7) is 6.83. The molecule has 1 heterocycles. The van der Waals surface area contributed by atoms with E-state index in [9.17, 15) is 0 Å². The van der Waals surface area contributed by atoms with E-state index in [1.54, 1.807) is 6.20 Å². The normalized spacial score (nSPS) is 10.6. The molecule has 4 nitrogen and oxygen atoms in total. The van der Waals surface area contributed by atoms with Gasteiger partial charge in [0.2, 0.25) is 0 Å². The summed E-state index contributed by atoms with van der Waals surface area (Å²) in [5.74, 6) is 1.48. The number of ether oxygens (including phenoxy) is 1. The Hall–Kier alpha value is -1.16. The van der Waals surface area contributed by atoms with Gasteiger partial charge in [0.25, 0.3) is 0 Å². The molecule has 0 fully saturated rings. The molecule has 0 saturated heterocycles. The fourth-order valence-electron chi connectivity index (χ4n) is 1.10. The number of nitrogens with one attached hydrogen (secondary N) is 1. The second-order valence-corrected chi connectivity index (χ2v) is 3.84. The lowest BCUT2D eigenvalue weighted by atomic mass is 10.2. The lowest BCUT2D eigenvalue weighted by Crippen LogP contribution is -2.09. The Bertz CT molecular complexity index is 251. The maximum absolute atomic E-state index is 5.46. The average Bonchev–Trinajstić information content (AvgIpc) is 2.24. The highest BCUT2D eigenvalue weighted by atomic mass is 16.5. The zero-order valence-corrected chi connectivity index (χ0v) is 9.44. The van der Waals surface area contributed by atoms with Gasteiger partial charge in [0, 0.05) is 26.0 Å². The molecule has 0 amide bonds. The molecule has 0 aliphatic carbocycles. The maximum atomic E-state index is 5.46. The zero-order chi connectivity index (χ0) is 10.9. The van der Waals surface area contributed by atoms with Crippen LogP contribution >= 0.6 is 0 Å². The van der Waals surface area contributed by atoms with Crippen LogP contribution in [-0.4, -0.2) is 29.7 Å². The molecule has 4 heteroatoms. The van der Waals surface area contributed by atoms with Crippen molar-refractivity contribution in [3.63, 3.8) is 0 Å². The average molecular weight is 209 g/mol. The van der Waals surface area contributed by atoms with Gasteiger partial charge in [-0.3, -0.25) is 0 Å². The minimum absolute atomic E-state index is 0.611. The van der Waals surface area contributed by atoms with Crippen molar-refractivity contribution in [2.75, 3.05) is 25.1 Å². The highest BCUT2D eigenvalue weighted by molar-refractivity contribution is 5.30. The third-order valence-corrected chi connectivity index (χ3v) is 1.80. The van der Waals surface area contributed by atoms with Gasteiger partial charge in [-0.05, 0) is 18.4 Å². The second-order valence-electron chi connectivity index (χ2n) is 3.84. The van der Waals surface area contributed by atoms with Gasteiger partial charge in [-0.2, -0.15) is 0 Å². The monoisotopic (exact) mass is 209 g/mol. The molecule has 0 radical (unpaired) electrons. The first kappa shape index (κ1) is 11.9. The predicted octanol–water partition coefficient (Wildman–Crippen LogP) is 1.95. The van der Waals surface area contributed by atoms with Gasteiger partial charge in [-0.25, -0.2) is 9.97 Å². The minimum Gasteiger partial charge on any atom is -0.381 e. The largest absolute Gasteiger partial charge is 0.381 e. The molecule has 0 spiro atoms. The van der Waals surface area contributed by atoms with Gasteiger partial charge in [0.1, 0.15) is 12.1 Å². The van der Waals surface area contributed by atoms with Crippen LogP contribution in [0, 0.1) is 5.92 Å². The fourth-order valence-corrected chi connectivity index (χ4v) is 1.10. The summed E-state index contributed by atoms with van der Waals surface area (Å²) in [5.41, 5.74) is 0. The van der Waals surface area contributed by atoms with E-state index in [2.05, 4.69) is 29.1 Å². The Morgan fingerprint density at radius 3 is 3.00 bits per heavy atom. The Balaban J connectivity index is 1.98. The molecule has 15 heavy (non-hydrogen) atoms. The van der Waals surface area contributed by atoms with E-state index in [0.717, 1.165) is 32.0 Å². The summed E-state index contributed by atoms with van der Waals surface area (Å²) in [6.07, 6.45) is 4.26. The van der Waals surface area contributed by atoms with E-state index in [1.165, 1.54) is 6.33 Å². The summed E-state index contributed by atoms with van der Waals surface area (Å²) in [7, 11) is 0. The Labute approximate surface area is 91.1 Å². The molecular formula is C11H19N3O. The van der Waals surface area contributed by atoms with Crippen LogP contribution in [0.1, 0.15) is 20.3 Å². The summed E-state index contributed by atoms with van der Waals surface area (Å²) in [5, 5.41) is 3.20. The third kappa shape index (κ3) is 6.01. The summed E-state index contributed by atoms with van der Waals surface area (Å²) in [6, 6.07) is 1.86. The molecule has 84 valence electrons. The van der Waals surface area contributed by atoms with Crippen LogP contribution in [0.3, 0.4) is 0 Å². The highest BCUT2D eigenvalue weighted by Gasteiger charge is 1.94. The molecular weight excluding hydrogens is 190 g/mol. The number of hydrogen-bond acceptors (Lipinski definition) is 4. The molecule has 0 aromatic carbocycles. The van der Waals surface area contributed by atoms with Gasteiger partial charge in [-0.1, -0.05) is 13.8 Å². The van der Waals surface area contributed by atoms with E-state index in [-0.39, 0.29) is 0 Å². The van der Waals surface area contributed by atoms with Crippen LogP contribution in [-0.2, 0) is 4.74 Å². The topological polar surface area (TPSA) is 47.0 Å². The molecule has 0 aliphatic rings. The number of rotatable bonds is 7. The van der Waals surface area contributed by atoms with E-state index in [4.69, 9.17) is 4.74 Å². The van der Waals surface area contributed by atoms with Crippen molar-refractivity contribution in [2.24, 2.45) is 5.92 Å². The summed E-state index contributed by atoms with van der Waals surface area (Å²) < 4.78 is 5.46. The van der Waals surface area contributed by atoms with Crippen molar-refractivity contribution in [3.05, 3.63) is 18.6 Å². The summed E-state index contributed by atoms with van der Waals surface area (Å²) >= 11 is 0. The van der Waals surface area contributed by atoms with Gasteiger partial charge >= 0.3 is 0 Å². The lowest BCUT2D eigenvalue weighted by Gasteiger charge is -2.07. The van der Waals surface area contributed by atoms with Crippen molar-refractivity contribution in [1.29, 1.82) is 0 Å². The van der Waals surface area contributed by atoms with E-state index >= 15 is 0 Å². The standard InChI is InChI=1S/C11H19N3O/c1-10(2)8-15-7-3-5-13-11-4-6-12-9-14-11/h4,6,9-10H,3,5,7-8H2,1-2H3,(H,12,13,14).